The second kappa shape index (κ2) is 5.80. The Bertz CT molecular complexity index is 601. The number of hydrogen-bond donors (Lipinski definition) is 0. The van der Waals surface area contributed by atoms with E-state index >= 15 is 0 Å². The van der Waals surface area contributed by atoms with Crippen LogP contribution >= 0.6 is 0 Å². The Kier molecular flexibility index (Phi) is 4.11. The first-order chi connectivity index (χ1) is 10.8. The van der Waals surface area contributed by atoms with Gasteiger partial charge >= 0.3 is 13.1 Å². The summed E-state index contributed by atoms with van der Waals surface area (Å²) in [6.45, 7) is 8.05. The summed E-state index contributed by atoms with van der Waals surface area (Å²) in [5, 5.41) is 0. The molecule has 1 saturated heterocycles. The van der Waals surface area contributed by atoms with Crippen molar-refractivity contribution >= 4 is 13.1 Å². The van der Waals surface area contributed by atoms with Gasteiger partial charge in [-0.2, -0.15) is 0 Å². The van der Waals surface area contributed by atoms with Gasteiger partial charge in [-0.05, 0) is 64.1 Å². The fourth-order valence-corrected chi connectivity index (χ4v) is 2.54. The van der Waals surface area contributed by atoms with E-state index in [-0.39, 0.29) is 5.97 Å². The normalized spacial score (nSPS) is 23.0. The van der Waals surface area contributed by atoms with Crippen LogP contribution in [0.5, 0.6) is 5.75 Å². The highest BCUT2D eigenvalue weighted by Crippen LogP contribution is 2.45. The predicted octanol–water partition coefficient (Wildman–Crippen LogP) is 3.56. The van der Waals surface area contributed by atoms with Crippen LogP contribution in [0.4, 0.5) is 0 Å². The van der Waals surface area contributed by atoms with Gasteiger partial charge in [0, 0.05) is 6.08 Å². The third-order valence-corrected chi connectivity index (χ3v) is 4.82. The molecule has 1 aliphatic carbocycles. The minimum atomic E-state index is -0.476. The van der Waals surface area contributed by atoms with Crippen molar-refractivity contribution in [1.29, 1.82) is 0 Å². The molecule has 0 N–H and O–H groups in total. The minimum absolute atomic E-state index is 0.355. The van der Waals surface area contributed by atoms with Crippen LogP contribution in [0.3, 0.4) is 0 Å². The quantitative estimate of drug-likeness (QED) is 0.369. The molecule has 5 heteroatoms. The van der Waals surface area contributed by atoms with Crippen LogP contribution in [0.1, 0.15) is 40.5 Å². The van der Waals surface area contributed by atoms with Crippen LogP contribution in [-0.4, -0.2) is 24.3 Å². The van der Waals surface area contributed by atoms with Gasteiger partial charge in [-0.25, -0.2) is 4.79 Å². The van der Waals surface area contributed by atoms with Crippen LogP contribution in [0.2, 0.25) is 0 Å². The Morgan fingerprint density at radius 1 is 1.13 bits per heavy atom. The molecule has 0 amide bonds. The van der Waals surface area contributed by atoms with Crippen LogP contribution in [0.15, 0.2) is 41.9 Å². The second-order valence-corrected chi connectivity index (χ2v) is 7.24. The first-order valence-electron chi connectivity index (χ1n) is 8.12. The predicted molar refractivity (Wildman–Crippen MR) is 89.0 cm³/mol. The van der Waals surface area contributed by atoms with Gasteiger partial charge in [-0.1, -0.05) is 18.2 Å². The Morgan fingerprint density at radius 3 is 2.22 bits per heavy atom. The molecular weight excluding hydrogens is 291 g/mol. The first-order valence-corrected chi connectivity index (χ1v) is 8.12. The van der Waals surface area contributed by atoms with E-state index in [0.717, 1.165) is 18.3 Å². The van der Waals surface area contributed by atoms with E-state index in [1.165, 1.54) is 0 Å². The molecule has 1 aromatic carbocycles. The summed E-state index contributed by atoms with van der Waals surface area (Å²) < 4.78 is 17.5. The number of benzene rings is 1. The molecule has 1 heterocycles. The summed E-state index contributed by atoms with van der Waals surface area (Å²) in [6.07, 6.45) is 3.68. The van der Waals surface area contributed by atoms with Gasteiger partial charge < -0.3 is 14.0 Å². The Hall–Kier alpha value is -1.59. The number of hydrogen-bond acceptors (Lipinski definition) is 4. The third kappa shape index (κ3) is 3.51. The molecule has 23 heavy (non-hydrogen) atoms. The van der Waals surface area contributed by atoms with Crippen LogP contribution in [0.25, 0.3) is 0 Å². The molecule has 0 atom stereocenters. The van der Waals surface area contributed by atoms with Crippen molar-refractivity contribution in [3.05, 3.63) is 41.9 Å². The Labute approximate surface area is 138 Å². The second-order valence-electron chi connectivity index (χ2n) is 7.24. The molecule has 0 aromatic heterocycles. The lowest BCUT2D eigenvalue weighted by Gasteiger charge is -2.32. The standard InChI is InChI=1S/C18H23BO4/c1-17(2)18(3,4)23-19(22-17)15(13-10-11-13)12-16(20)21-14-8-6-5-7-9-14/h5-9,12-13H,10-11H2,1-4H3/b15-12+. The maximum Gasteiger partial charge on any atom is 0.491 e. The summed E-state index contributed by atoms with van der Waals surface area (Å²) in [4.78, 5) is 12.2. The molecule has 0 unspecified atom stereocenters. The van der Waals surface area contributed by atoms with E-state index in [1.807, 2.05) is 45.9 Å². The molecule has 0 spiro atoms. The van der Waals surface area contributed by atoms with Gasteiger partial charge in [0.1, 0.15) is 5.75 Å². The Balaban J connectivity index is 1.76. The van der Waals surface area contributed by atoms with Gasteiger partial charge in [0.25, 0.3) is 0 Å². The lowest BCUT2D eigenvalue weighted by molar-refractivity contribution is -0.129. The zero-order valence-electron chi connectivity index (χ0n) is 14.2. The van der Waals surface area contributed by atoms with Crippen molar-refractivity contribution in [3.8, 4) is 5.75 Å². The number of para-hydroxylation sites is 1. The highest BCUT2D eigenvalue weighted by Gasteiger charge is 2.54. The largest absolute Gasteiger partial charge is 0.491 e. The van der Waals surface area contributed by atoms with E-state index in [9.17, 15) is 4.79 Å². The third-order valence-electron chi connectivity index (χ3n) is 4.82. The molecule has 0 radical (unpaired) electrons. The average Bonchev–Trinajstić information content (AvgIpc) is 3.25. The molecular formula is C18H23BO4. The summed E-state index contributed by atoms with van der Waals surface area (Å²) >= 11 is 0. The maximum absolute atomic E-state index is 12.2. The molecule has 1 saturated carbocycles. The van der Waals surface area contributed by atoms with Crippen LogP contribution < -0.4 is 4.74 Å². The van der Waals surface area contributed by atoms with Crippen molar-refractivity contribution in [2.24, 2.45) is 5.92 Å². The van der Waals surface area contributed by atoms with Gasteiger partial charge in [0.05, 0.1) is 11.2 Å². The molecule has 4 nitrogen and oxygen atoms in total. The summed E-state index contributed by atoms with van der Waals surface area (Å²) in [6, 6.07) is 9.08. The molecule has 1 aromatic rings. The number of rotatable bonds is 4. The van der Waals surface area contributed by atoms with Gasteiger partial charge in [0.2, 0.25) is 0 Å². The SMILES string of the molecule is CC1(C)OB(/C(=C/C(=O)Oc2ccccc2)C2CC2)OC1(C)C. The van der Waals surface area contributed by atoms with Gasteiger partial charge in [-0.15, -0.1) is 0 Å². The zero-order chi connectivity index (χ0) is 16.7. The molecule has 2 aliphatic rings. The summed E-state index contributed by atoms with van der Waals surface area (Å²) in [7, 11) is -0.476. The summed E-state index contributed by atoms with van der Waals surface area (Å²) in [5.74, 6) is 0.513. The molecule has 1 aliphatic heterocycles. The monoisotopic (exact) mass is 314 g/mol. The smallest absolute Gasteiger partial charge is 0.423 e. The van der Waals surface area contributed by atoms with E-state index in [0.29, 0.717) is 11.7 Å². The van der Waals surface area contributed by atoms with E-state index in [1.54, 1.807) is 18.2 Å². The summed E-state index contributed by atoms with van der Waals surface area (Å²) in [5.41, 5.74) is 0.0776. The molecule has 2 fully saturated rings. The highest BCUT2D eigenvalue weighted by atomic mass is 16.7. The zero-order valence-corrected chi connectivity index (χ0v) is 14.2. The van der Waals surface area contributed by atoms with E-state index < -0.39 is 18.3 Å². The number of ether oxygens (including phenoxy) is 1. The number of esters is 1. The fourth-order valence-electron chi connectivity index (χ4n) is 2.54. The van der Waals surface area contributed by atoms with Gasteiger partial charge in [-0.3, -0.25) is 0 Å². The Morgan fingerprint density at radius 2 is 1.70 bits per heavy atom. The first kappa shape index (κ1) is 16.3. The number of carbonyl (C=O) groups excluding carboxylic acids is 1. The minimum Gasteiger partial charge on any atom is -0.423 e. The van der Waals surface area contributed by atoms with Crippen LogP contribution in [0, 0.1) is 5.92 Å². The van der Waals surface area contributed by atoms with Crippen molar-refractivity contribution < 1.29 is 18.8 Å². The molecule has 0 bridgehead atoms. The molecule has 122 valence electrons. The lowest BCUT2D eigenvalue weighted by atomic mass is 9.75. The van der Waals surface area contributed by atoms with Crippen molar-refractivity contribution in [3.63, 3.8) is 0 Å². The average molecular weight is 314 g/mol. The van der Waals surface area contributed by atoms with E-state index in [2.05, 4.69) is 0 Å². The highest BCUT2D eigenvalue weighted by molar-refractivity contribution is 6.55. The lowest BCUT2D eigenvalue weighted by Crippen LogP contribution is -2.41. The van der Waals surface area contributed by atoms with Crippen LogP contribution in [-0.2, 0) is 14.1 Å². The van der Waals surface area contributed by atoms with Crippen molar-refractivity contribution in [2.75, 3.05) is 0 Å². The van der Waals surface area contributed by atoms with Crippen molar-refractivity contribution in [2.45, 2.75) is 51.7 Å². The van der Waals surface area contributed by atoms with Gasteiger partial charge in [0.15, 0.2) is 0 Å². The topological polar surface area (TPSA) is 44.8 Å². The number of allylic oxidation sites excluding steroid dienone is 1. The molecule has 3 rings (SSSR count). The fraction of sp³-hybridized carbons (Fsp3) is 0.500. The maximum atomic E-state index is 12.2. The van der Waals surface area contributed by atoms with E-state index in [4.69, 9.17) is 14.0 Å². The van der Waals surface area contributed by atoms with Crippen molar-refractivity contribution in [1.82, 2.24) is 0 Å². The number of carbonyl (C=O) groups is 1.